The Kier molecular flexibility index (Phi) is 3.60. The Morgan fingerprint density at radius 2 is 2.15 bits per heavy atom. The number of hydrogen-bond donors (Lipinski definition) is 0. The van der Waals surface area contributed by atoms with E-state index in [9.17, 15) is 8.78 Å². The van der Waals surface area contributed by atoms with Crippen LogP contribution in [-0.4, -0.2) is 34.6 Å². The molecule has 2 heterocycles. The number of ether oxygens (including phenoxy) is 2. The molecule has 106 valence electrons. The first-order valence-electron chi connectivity index (χ1n) is 6.29. The van der Waals surface area contributed by atoms with Crippen LogP contribution in [0.5, 0.6) is 5.75 Å². The Bertz CT molecular complexity index is 601. The summed E-state index contributed by atoms with van der Waals surface area (Å²) in [6.07, 6.45) is 0.695. The first kappa shape index (κ1) is 13.0. The number of benzene rings is 1. The Balaban J connectivity index is 1.95. The van der Waals surface area contributed by atoms with Crippen LogP contribution < -0.4 is 4.74 Å². The van der Waals surface area contributed by atoms with E-state index in [2.05, 4.69) is 14.9 Å². The lowest BCUT2D eigenvalue weighted by Gasteiger charge is -2.08. The average Bonchev–Trinajstić information content (AvgIpc) is 2.67. The zero-order valence-electron chi connectivity index (χ0n) is 10.6. The predicted octanol–water partition coefficient (Wildman–Crippen LogP) is 2.12. The molecule has 0 aliphatic carbocycles. The highest BCUT2D eigenvalue weighted by molar-refractivity contribution is 5.58. The van der Waals surface area contributed by atoms with Gasteiger partial charge < -0.3 is 14.0 Å². The van der Waals surface area contributed by atoms with Gasteiger partial charge in [0, 0.05) is 18.5 Å². The van der Waals surface area contributed by atoms with E-state index in [0.29, 0.717) is 37.6 Å². The molecule has 0 amide bonds. The van der Waals surface area contributed by atoms with Gasteiger partial charge in [0.15, 0.2) is 5.82 Å². The van der Waals surface area contributed by atoms with Gasteiger partial charge in [-0.3, -0.25) is 0 Å². The molecule has 3 rings (SSSR count). The molecule has 7 heteroatoms. The Labute approximate surface area is 114 Å². The summed E-state index contributed by atoms with van der Waals surface area (Å²) in [5.41, 5.74) is 0.698. The number of alkyl halides is 2. The van der Waals surface area contributed by atoms with Crippen molar-refractivity contribution >= 4 is 0 Å². The molecule has 1 aliphatic heterocycles. The van der Waals surface area contributed by atoms with Crippen molar-refractivity contribution in [2.75, 3.05) is 13.2 Å². The van der Waals surface area contributed by atoms with Crippen LogP contribution in [0.3, 0.4) is 0 Å². The molecular weight excluding hydrogens is 268 g/mol. The summed E-state index contributed by atoms with van der Waals surface area (Å²) >= 11 is 0. The normalized spacial score (nSPS) is 14.9. The molecule has 1 aromatic heterocycles. The van der Waals surface area contributed by atoms with Crippen LogP contribution in [0.4, 0.5) is 8.78 Å². The predicted molar refractivity (Wildman–Crippen MR) is 66.6 cm³/mol. The maximum Gasteiger partial charge on any atom is 0.387 e. The van der Waals surface area contributed by atoms with Gasteiger partial charge >= 0.3 is 6.61 Å². The largest absolute Gasteiger partial charge is 0.435 e. The van der Waals surface area contributed by atoms with Gasteiger partial charge in [0.2, 0.25) is 0 Å². The van der Waals surface area contributed by atoms with Crippen molar-refractivity contribution in [2.45, 2.75) is 19.6 Å². The zero-order valence-corrected chi connectivity index (χ0v) is 10.6. The van der Waals surface area contributed by atoms with E-state index in [1.54, 1.807) is 12.1 Å². The molecule has 20 heavy (non-hydrogen) atoms. The highest BCUT2D eigenvalue weighted by Gasteiger charge is 2.16. The fourth-order valence-electron chi connectivity index (χ4n) is 2.20. The second-order valence-corrected chi connectivity index (χ2v) is 4.36. The molecule has 0 bridgehead atoms. The van der Waals surface area contributed by atoms with Gasteiger partial charge in [-0.15, -0.1) is 10.2 Å². The molecule has 1 aliphatic rings. The minimum absolute atomic E-state index is 0.111. The van der Waals surface area contributed by atoms with Crippen LogP contribution in [0.25, 0.3) is 11.4 Å². The van der Waals surface area contributed by atoms with E-state index in [4.69, 9.17) is 4.74 Å². The molecule has 0 atom stereocenters. The summed E-state index contributed by atoms with van der Waals surface area (Å²) in [4.78, 5) is 0. The van der Waals surface area contributed by atoms with Crippen LogP contribution in [-0.2, 0) is 17.7 Å². The molecule has 2 aromatic rings. The van der Waals surface area contributed by atoms with Crippen molar-refractivity contribution in [3.05, 3.63) is 30.1 Å². The molecule has 0 unspecified atom stereocenters. The van der Waals surface area contributed by atoms with Crippen molar-refractivity contribution < 1.29 is 18.3 Å². The van der Waals surface area contributed by atoms with Gasteiger partial charge in [0.1, 0.15) is 11.6 Å². The molecule has 1 aromatic carbocycles. The lowest BCUT2D eigenvalue weighted by molar-refractivity contribution is -0.0498. The van der Waals surface area contributed by atoms with Gasteiger partial charge in [0.25, 0.3) is 0 Å². The second kappa shape index (κ2) is 5.54. The van der Waals surface area contributed by atoms with E-state index in [1.807, 2.05) is 4.57 Å². The van der Waals surface area contributed by atoms with Crippen molar-refractivity contribution in [1.29, 1.82) is 0 Å². The van der Waals surface area contributed by atoms with Crippen molar-refractivity contribution in [1.82, 2.24) is 14.8 Å². The van der Waals surface area contributed by atoms with Gasteiger partial charge in [-0.1, -0.05) is 12.1 Å². The van der Waals surface area contributed by atoms with E-state index >= 15 is 0 Å². The van der Waals surface area contributed by atoms with E-state index in [-0.39, 0.29) is 5.75 Å². The first-order chi connectivity index (χ1) is 9.74. The van der Waals surface area contributed by atoms with Crippen LogP contribution in [0, 0.1) is 0 Å². The van der Waals surface area contributed by atoms with Gasteiger partial charge in [-0.25, -0.2) is 0 Å². The Morgan fingerprint density at radius 3 is 3.00 bits per heavy atom. The zero-order chi connectivity index (χ0) is 13.9. The van der Waals surface area contributed by atoms with Crippen LogP contribution in [0.15, 0.2) is 24.3 Å². The smallest absolute Gasteiger partial charge is 0.387 e. The van der Waals surface area contributed by atoms with Crippen molar-refractivity contribution in [3.63, 3.8) is 0 Å². The van der Waals surface area contributed by atoms with E-state index in [1.165, 1.54) is 12.1 Å². The number of nitrogens with zero attached hydrogens (tertiary/aromatic N) is 3. The Morgan fingerprint density at radius 1 is 1.25 bits per heavy atom. The minimum Gasteiger partial charge on any atom is -0.435 e. The number of fused-ring (bicyclic) bond motifs is 1. The molecule has 0 radical (unpaired) electrons. The SMILES string of the molecule is FC(F)Oc1cccc(-c2nnc3n2CCOCC3)c1. The molecule has 0 N–H and O–H groups in total. The number of rotatable bonds is 3. The molecular formula is C13H13F2N3O2. The number of hydrogen-bond acceptors (Lipinski definition) is 4. The summed E-state index contributed by atoms with van der Waals surface area (Å²) in [7, 11) is 0. The summed E-state index contributed by atoms with van der Waals surface area (Å²) in [5.74, 6) is 1.60. The maximum atomic E-state index is 12.2. The monoisotopic (exact) mass is 281 g/mol. The third-order valence-electron chi connectivity index (χ3n) is 3.07. The molecule has 0 fully saturated rings. The van der Waals surface area contributed by atoms with Gasteiger partial charge in [0.05, 0.1) is 13.2 Å². The van der Waals surface area contributed by atoms with Crippen LogP contribution >= 0.6 is 0 Å². The average molecular weight is 281 g/mol. The molecule has 5 nitrogen and oxygen atoms in total. The van der Waals surface area contributed by atoms with E-state index < -0.39 is 6.61 Å². The van der Waals surface area contributed by atoms with Crippen molar-refractivity contribution in [3.8, 4) is 17.1 Å². The van der Waals surface area contributed by atoms with E-state index in [0.717, 1.165) is 5.82 Å². The maximum absolute atomic E-state index is 12.2. The summed E-state index contributed by atoms with van der Waals surface area (Å²) in [6.45, 7) is -0.982. The fourth-order valence-corrected chi connectivity index (χ4v) is 2.20. The molecule has 0 saturated carbocycles. The van der Waals surface area contributed by atoms with Gasteiger partial charge in [-0.2, -0.15) is 8.78 Å². The summed E-state index contributed by atoms with van der Waals surface area (Å²) < 4.78 is 36.2. The third-order valence-corrected chi connectivity index (χ3v) is 3.07. The lowest BCUT2D eigenvalue weighted by atomic mass is 10.2. The number of aromatic nitrogens is 3. The third kappa shape index (κ3) is 2.62. The van der Waals surface area contributed by atoms with Gasteiger partial charge in [-0.05, 0) is 12.1 Å². The lowest BCUT2D eigenvalue weighted by Crippen LogP contribution is -2.06. The number of halogens is 2. The first-order valence-corrected chi connectivity index (χ1v) is 6.29. The van der Waals surface area contributed by atoms with Crippen LogP contribution in [0.2, 0.25) is 0 Å². The standard InChI is InChI=1S/C13H13F2N3O2/c14-13(15)20-10-3-1-2-9(8-10)12-17-16-11-4-6-19-7-5-18(11)12/h1-3,8,13H,4-7H2. The quantitative estimate of drug-likeness (QED) is 0.864. The Hall–Kier alpha value is -2.02. The molecule has 0 spiro atoms. The topological polar surface area (TPSA) is 49.2 Å². The molecule has 0 saturated heterocycles. The summed E-state index contributed by atoms with van der Waals surface area (Å²) in [5, 5.41) is 8.27. The highest BCUT2D eigenvalue weighted by Crippen LogP contribution is 2.24. The highest BCUT2D eigenvalue weighted by atomic mass is 19.3. The second-order valence-electron chi connectivity index (χ2n) is 4.36. The summed E-state index contributed by atoms with van der Waals surface area (Å²) in [6, 6.07) is 6.47. The van der Waals surface area contributed by atoms with Crippen LogP contribution in [0.1, 0.15) is 5.82 Å². The van der Waals surface area contributed by atoms with Crippen molar-refractivity contribution in [2.24, 2.45) is 0 Å². The minimum atomic E-state index is -2.84. The fraction of sp³-hybridized carbons (Fsp3) is 0.385.